The molecule has 0 aliphatic carbocycles. The lowest BCUT2D eigenvalue weighted by atomic mass is 10.1. The summed E-state index contributed by atoms with van der Waals surface area (Å²) in [6.07, 6.45) is 3.27. The molecule has 0 saturated heterocycles. The number of aryl methyl sites for hydroxylation is 1. The second-order valence-electron chi connectivity index (χ2n) is 3.45. The van der Waals surface area contributed by atoms with Gasteiger partial charge < -0.3 is 5.11 Å². The molecule has 0 aromatic carbocycles. The van der Waals surface area contributed by atoms with Gasteiger partial charge in [0.2, 0.25) is 0 Å². The average molecular weight is 193 g/mol. The Bertz CT molecular complexity index is 306. The zero-order valence-electron chi connectivity index (χ0n) is 8.53. The molecule has 0 spiro atoms. The zero-order valence-corrected chi connectivity index (χ0v) is 8.53. The van der Waals surface area contributed by atoms with Crippen molar-refractivity contribution in [3.63, 3.8) is 0 Å². The number of nitrogens with zero attached hydrogens (tertiary/aromatic N) is 1. The van der Waals surface area contributed by atoms with E-state index in [1.54, 1.807) is 6.92 Å². The standard InChI is InChI=1S/C11H15NO2/c1-3-9-4-5-10(12-7-9)6-8(2)11(13)14/h4-5,7-8H,3,6H2,1-2H3,(H,13,14). The first-order chi connectivity index (χ1) is 6.63. The van der Waals surface area contributed by atoms with Crippen LogP contribution in [0.15, 0.2) is 18.3 Å². The highest BCUT2D eigenvalue weighted by molar-refractivity contribution is 5.69. The van der Waals surface area contributed by atoms with Crippen molar-refractivity contribution in [2.45, 2.75) is 26.7 Å². The van der Waals surface area contributed by atoms with E-state index >= 15 is 0 Å². The van der Waals surface area contributed by atoms with Crippen LogP contribution < -0.4 is 0 Å². The van der Waals surface area contributed by atoms with Crippen LogP contribution >= 0.6 is 0 Å². The number of carboxylic acids is 1. The van der Waals surface area contributed by atoms with E-state index in [1.807, 2.05) is 18.3 Å². The summed E-state index contributed by atoms with van der Waals surface area (Å²) in [5.74, 6) is -1.14. The van der Waals surface area contributed by atoms with Gasteiger partial charge in [0.15, 0.2) is 0 Å². The molecule has 0 amide bonds. The number of aliphatic carboxylic acids is 1. The van der Waals surface area contributed by atoms with E-state index in [-0.39, 0.29) is 5.92 Å². The second kappa shape index (κ2) is 4.74. The van der Waals surface area contributed by atoms with Crippen molar-refractivity contribution in [1.82, 2.24) is 4.98 Å². The van der Waals surface area contributed by atoms with Crippen molar-refractivity contribution in [2.24, 2.45) is 5.92 Å². The van der Waals surface area contributed by atoms with Crippen LogP contribution in [0.3, 0.4) is 0 Å². The molecule has 0 saturated carbocycles. The third-order valence-electron chi connectivity index (χ3n) is 2.23. The monoisotopic (exact) mass is 193 g/mol. The van der Waals surface area contributed by atoms with Crippen molar-refractivity contribution < 1.29 is 9.90 Å². The maximum Gasteiger partial charge on any atom is 0.306 e. The minimum absolute atomic E-state index is 0.366. The predicted octanol–water partition coefficient (Wildman–Crippen LogP) is 1.91. The molecule has 76 valence electrons. The third-order valence-corrected chi connectivity index (χ3v) is 2.23. The second-order valence-corrected chi connectivity index (χ2v) is 3.45. The molecule has 3 heteroatoms. The van der Waals surface area contributed by atoms with E-state index in [2.05, 4.69) is 11.9 Å². The molecular formula is C11H15NO2. The summed E-state index contributed by atoms with van der Waals surface area (Å²) in [6.45, 7) is 3.76. The minimum atomic E-state index is -0.772. The van der Waals surface area contributed by atoms with Crippen LogP contribution in [0.2, 0.25) is 0 Å². The Labute approximate surface area is 83.8 Å². The van der Waals surface area contributed by atoms with Gasteiger partial charge in [0.05, 0.1) is 5.92 Å². The molecule has 0 aliphatic rings. The number of aromatic nitrogens is 1. The lowest BCUT2D eigenvalue weighted by Gasteiger charge is -2.05. The van der Waals surface area contributed by atoms with Crippen LogP contribution in [0.4, 0.5) is 0 Å². The number of carbonyl (C=O) groups is 1. The van der Waals surface area contributed by atoms with Crippen LogP contribution in [-0.2, 0) is 17.6 Å². The highest BCUT2D eigenvalue weighted by Crippen LogP contribution is 2.07. The van der Waals surface area contributed by atoms with Crippen LogP contribution in [0.25, 0.3) is 0 Å². The number of pyridine rings is 1. The van der Waals surface area contributed by atoms with Gasteiger partial charge in [-0.05, 0) is 18.1 Å². The van der Waals surface area contributed by atoms with Crippen molar-refractivity contribution in [3.8, 4) is 0 Å². The van der Waals surface area contributed by atoms with Gasteiger partial charge in [0, 0.05) is 18.3 Å². The highest BCUT2D eigenvalue weighted by Gasteiger charge is 2.11. The summed E-state index contributed by atoms with van der Waals surface area (Å²) >= 11 is 0. The summed E-state index contributed by atoms with van der Waals surface area (Å²) < 4.78 is 0. The van der Waals surface area contributed by atoms with E-state index in [1.165, 1.54) is 5.56 Å². The SMILES string of the molecule is CCc1ccc(CC(C)C(=O)O)nc1. The van der Waals surface area contributed by atoms with Crippen LogP contribution in [0.5, 0.6) is 0 Å². The molecular weight excluding hydrogens is 178 g/mol. The fourth-order valence-electron chi connectivity index (χ4n) is 1.19. The first-order valence-electron chi connectivity index (χ1n) is 4.80. The molecule has 0 radical (unpaired) electrons. The normalized spacial score (nSPS) is 12.4. The van der Waals surface area contributed by atoms with Gasteiger partial charge in [-0.1, -0.05) is 19.9 Å². The summed E-state index contributed by atoms with van der Waals surface area (Å²) in [6, 6.07) is 3.90. The molecule has 1 heterocycles. The lowest BCUT2D eigenvalue weighted by Crippen LogP contribution is -2.13. The topological polar surface area (TPSA) is 50.2 Å². The van der Waals surface area contributed by atoms with Gasteiger partial charge in [-0.2, -0.15) is 0 Å². The Hall–Kier alpha value is -1.38. The molecule has 1 unspecified atom stereocenters. The molecule has 1 atom stereocenters. The fourth-order valence-corrected chi connectivity index (χ4v) is 1.19. The number of hydrogen-bond acceptors (Lipinski definition) is 2. The summed E-state index contributed by atoms with van der Waals surface area (Å²) in [5, 5.41) is 8.72. The van der Waals surface area contributed by atoms with Gasteiger partial charge >= 0.3 is 5.97 Å². The molecule has 14 heavy (non-hydrogen) atoms. The van der Waals surface area contributed by atoms with Crippen molar-refractivity contribution in [2.75, 3.05) is 0 Å². The van der Waals surface area contributed by atoms with Gasteiger partial charge in [-0.25, -0.2) is 0 Å². The molecule has 0 fully saturated rings. The fraction of sp³-hybridized carbons (Fsp3) is 0.455. The van der Waals surface area contributed by atoms with Gasteiger partial charge in [-0.15, -0.1) is 0 Å². The van der Waals surface area contributed by atoms with E-state index in [0.29, 0.717) is 6.42 Å². The van der Waals surface area contributed by atoms with E-state index < -0.39 is 5.97 Å². The van der Waals surface area contributed by atoms with E-state index in [0.717, 1.165) is 12.1 Å². The molecule has 1 aromatic heterocycles. The van der Waals surface area contributed by atoms with Gasteiger partial charge in [-0.3, -0.25) is 9.78 Å². The molecule has 1 rings (SSSR count). The lowest BCUT2D eigenvalue weighted by molar-refractivity contribution is -0.141. The molecule has 0 bridgehead atoms. The Morgan fingerprint density at radius 3 is 2.71 bits per heavy atom. The van der Waals surface area contributed by atoms with Crippen LogP contribution in [0, 0.1) is 5.92 Å². The summed E-state index contributed by atoms with van der Waals surface area (Å²) in [4.78, 5) is 14.8. The van der Waals surface area contributed by atoms with Crippen LogP contribution in [-0.4, -0.2) is 16.1 Å². The first-order valence-corrected chi connectivity index (χ1v) is 4.80. The third kappa shape index (κ3) is 2.83. The van der Waals surface area contributed by atoms with Crippen molar-refractivity contribution in [3.05, 3.63) is 29.6 Å². The minimum Gasteiger partial charge on any atom is -0.481 e. The summed E-state index contributed by atoms with van der Waals surface area (Å²) in [7, 11) is 0. The zero-order chi connectivity index (χ0) is 10.6. The number of hydrogen-bond donors (Lipinski definition) is 1. The first kappa shape index (κ1) is 10.7. The highest BCUT2D eigenvalue weighted by atomic mass is 16.4. The smallest absolute Gasteiger partial charge is 0.306 e. The Kier molecular flexibility index (Phi) is 3.63. The largest absolute Gasteiger partial charge is 0.481 e. The maximum absolute atomic E-state index is 10.6. The number of carboxylic acid groups (broad SMARTS) is 1. The quantitative estimate of drug-likeness (QED) is 0.794. The maximum atomic E-state index is 10.6. The van der Waals surface area contributed by atoms with Gasteiger partial charge in [0.1, 0.15) is 0 Å². The molecule has 0 aliphatic heterocycles. The van der Waals surface area contributed by atoms with E-state index in [4.69, 9.17) is 5.11 Å². The Morgan fingerprint density at radius 2 is 2.29 bits per heavy atom. The van der Waals surface area contributed by atoms with Gasteiger partial charge in [0.25, 0.3) is 0 Å². The Balaban J connectivity index is 2.64. The molecule has 1 N–H and O–H groups in total. The van der Waals surface area contributed by atoms with E-state index in [9.17, 15) is 4.79 Å². The average Bonchev–Trinajstić information content (AvgIpc) is 2.19. The predicted molar refractivity (Wildman–Crippen MR) is 54.1 cm³/mol. The molecule has 1 aromatic rings. The Morgan fingerprint density at radius 1 is 1.57 bits per heavy atom. The van der Waals surface area contributed by atoms with Crippen molar-refractivity contribution in [1.29, 1.82) is 0 Å². The number of rotatable bonds is 4. The summed E-state index contributed by atoms with van der Waals surface area (Å²) in [5.41, 5.74) is 2.02. The van der Waals surface area contributed by atoms with Crippen LogP contribution in [0.1, 0.15) is 25.1 Å². The molecule has 3 nitrogen and oxygen atoms in total. The van der Waals surface area contributed by atoms with Crippen molar-refractivity contribution >= 4 is 5.97 Å².